The minimum absolute atomic E-state index is 0.337. The van der Waals surface area contributed by atoms with Crippen LogP contribution in [0.2, 0.25) is 0 Å². The van der Waals surface area contributed by atoms with Gasteiger partial charge < -0.3 is 8.94 Å². The van der Waals surface area contributed by atoms with Gasteiger partial charge in [0.1, 0.15) is 6.26 Å². The Labute approximate surface area is 130 Å². The molecular formula is C15H23N5O2. The van der Waals surface area contributed by atoms with Crippen LogP contribution in [-0.4, -0.2) is 51.1 Å². The molecule has 3 rings (SSSR count). The zero-order valence-corrected chi connectivity index (χ0v) is 13.4. The van der Waals surface area contributed by atoms with E-state index < -0.39 is 0 Å². The Morgan fingerprint density at radius 1 is 1.09 bits per heavy atom. The molecule has 0 aliphatic carbocycles. The zero-order valence-electron chi connectivity index (χ0n) is 13.4. The minimum atomic E-state index is 0.337. The van der Waals surface area contributed by atoms with Crippen molar-refractivity contribution in [2.45, 2.75) is 39.8 Å². The molecule has 2 aromatic heterocycles. The number of piperazine rings is 1. The van der Waals surface area contributed by atoms with Gasteiger partial charge in [-0.3, -0.25) is 9.80 Å². The van der Waals surface area contributed by atoms with Crippen LogP contribution < -0.4 is 0 Å². The van der Waals surface area contributed by atoms with E-state index >= 15 is 0 Å². The maximum atomic E-state index is 5.49. The fourth-order valence-corrected chi connectivity index (χ4v) is 2.60. The number of hydrogen-bond acceptors (Lipinski definition) is 7. The van der Waals surface area contributed by atoms with Crippen LogP contribution in [0.1, 0.15) is 43.1 Å². The third-order valence-corrected chi connectivity index (χ3v) is 3.85. The second-order valence-electron chi connectivity index (χ2n) is 6.11. The standard InChI is InChI=1S/C15H23N5O2/c1-11(2)15-17-13(10-21-15)8-19-4-6-20(7-5-19)9-14-16-12(3)22-18-14/h10-11H,4-9H2,1-3H3. The monoisotopic (exact) mass is 305 g/mol. The van der Waals surface area contributed by atoms with Crippen LogP contribution in [0.25, 0.3) is 0 Å². The van der Waals surface area contributed by atoms with Crippen molar-refractivity contribution >= 4 is 0 Å². The average Bonchev–Trinajstić information content (AvgIpc) is 3.10. The molecule has 0 bridgehead atoms. The van der Waals surface area contributed by atoms with Crippen LogP contribution in [0.4, 0.5) is 0 Å². The molecular weight excluding hydrogens is 282 g/mol. The summed E-state index contributed by atoms with van der Waals surface area (Å²) in [6, 6.07) is 0. The molecule has 1 aliphatic rings. The van der Waals surface area contributed by atoms with Crippen molar-refractivity contribution in [2.75, 3.05) is 26.2 Å². The highest BCUT2D eigenvalue weighted by Gasteiger charge is 2.20. The van der Waals surface area contributed by atoms with Crippen LogP contribution in [0, 0.1) is 6.92 Å². The van der Waals surface area contributed by atoms with Crippen LogP contribution in [0.5, 0.6) is 0 Å². The third kappa shape index (κ3) is 3.72. The van der Waals surface area contributed by atoms with Gasteiger partial charge >= 0.3 is 0 Å². The van der Waals surface area contributed by atoms with Crippen molar-refractivity contribution in [3.8, 4) is 0 Å². The molecule has 3 heterocycles. The quantitative estimate of drug-likeness (QED) is 0.834. The summed E-state index contributed by atoms with van der Waals surface area (Å²) in [5.74, 6) is 2.55. The highest BCUT2D eigenvalue weighted by molar-refractivity contribution is 4.99. The summed E-state index contributed by atoms with van der Waals surface area (Å²) >= 11 is 0. The topological polar surface area (TPSA) is 71.4 Å². The zero-order chi connectivity index (χ0) is 15.5. The molecule has 0 N–H and O–H groups in total. The van der Waals surface area contributed by atoms with Crippen molar-refractivity contribution in [1.29, 1.82) is 0 Å². The molecule has 120 valence electrons. The number of hydrogen-bond donors (Lipinski definition) is 0. The number of aromatic nitrogens is 3. The minimum Gasteiger partial charge on any atom is -0.448 e. The Balaban J connectivity index is 1.47. The Kier molecular flexibility index (Phi) is 4.54. The lowest BCUT2D eigenvalue weighted by Gasteiger charge is -2.33. The summed E-state index contributed by atoms with van der Waals surface area (Å²) in [7, 11) is 0. The van der Waals surface area contributed by atoms with E-state index in [9.17, 15) is 0 Å². The van der Waals surface area contributed by atoms with E-state index in [0.717, 1.165) is 56.7 Å². The largest absolute Gasteiger partial charge is 0.448 e. The Morgan fingerprint density at radius 2 is 1.77 bits per heavy atom. The molecule has 0 saturated carbocycles. The second-order valence-corrected chi connectivity index (χ2v) is 6.11. The van der Waals surface area contributed by atoms with E-state index in [0.29, 0.717) is 11.8 Å². The van der Waals surface area contributed by atoms with Crippen molar-refractivity contribution in [2.24, 2.45) is 0 Å². The molecule has 1 saturated heterocycles. The number of oxazole rings is 1. The molecule has 0 radical (unpaired) electrons. The lowest BCUT2D eigenvalue weighted by molar-refractivity contribution is 0.118. The van der Waals surface area contributed by atoms with Crippen molar-refractivity contribution in [3.63, 3.8) is 0 Å². The normalized spacial score (nSPS) is 17.5. The molecule has 0 amide bonds. The fourth-order valence-electron chi connectivity index (χ4n) is 2.60. The summed E-state index contributed by atoms with van der Waals surface area (Å²) in [6.07, 6.45) is 1.78. The SMILES string of the molecule is Cc1nc(CN2CCN(Cc3coc(C(C)C)n3)CC2)no1. The van der Waals surface area contributed by atoms with Gasteiger partial charge in [-0.25, -0.2) is 4.98 Å². The maximum Gasteiger partial charge on any atom is 0.223 e. The van der Waals surface area contributed by atoms with Crippen LogP contribution >= 0.6 is 0 Å². The van der Waals surface area contributed by atoms with Gasteiger partial charge in [-0.2, -0.15) is 4.98 Å². The first-order valence-corrected chi connectivity index (χ1v) is 7.78. The molecule has 7 nitrogen and oxygen atoms in total. The first kappa shape index (κ1) is 15.2. The highest BCUT2D eigenvalue weighted by Crippen LogP contribution is 2.15. The van der Waals surface area contributed by atoms with E-state index in [1.54, 1.807) is 6.26 Å². The molecule has 2 aromatic rings. The molecule has 22 heavy (non-hydrogen) atoms. The smallest absolute Gasteiger partial charge is 0.223 e. The summed E-state index contributed by atoms with van der Waals surface area (Å²) in [5.41, 5.74) is 1.02. The average molecular weight is 305 g/mol. The van der Waals surface area contributed by atoms with Gasteiger partial charge in [0.2, 0.25) is 5.89 Å². The molecule has 0 spiro atoms. The van der Waals surface area contributed by atoms with Gasteiger partial charge in [-0.1, -0.05) is 19.0 Å². The van der Waals surface area contributed by atoms with Gasteiger partial charge in [0.15, 0.2) is 11.7 Å². The first-order valence-electron chi connectivity index (χ1n) is 7.78. The second kappa shape index (κ2) is 6.58. The lowest BCUT2D eigenvalue weighted by Crippen LogP contribution is -2.45. The molecule has 0 atom stereocenters. The Morgan fingerprint density at radius 3 is 2.32 bits per heavy atom. The van der Waals surface area contributed by atoms with Crippen molar-refractivity contribution in [1.82, 2.24) is 24.9 Å². The predicted molar refractivity (Wildman–Crippen MR) is 80.2 cm³/mol. The molecule has 0 aromatic carbocycles. The number of aryl methyl sites for hydroxylation is 1. The Bertz CT molecular complexity index is 599. The highest BCUT2D eigenvalue weighted by atomic mass is 16.5. The fraction of sp³-hybridized carbons (Fsp3) is 0.667. The summed E-state index contributed by atoms with van der Waals surface area (Å²) in [6.45, 7) is 11.6. The van der Waals surface area contributed by atoms with Gasteiger partial charge in [0, 0.05) is 45.6 Å². The van der Waals surface area contributed by atoms with Gasteiger partial charge in [0.25, 0.3) is 0 Å². The summed E-state index contributed by atoms with van der Waals surface area (Å²) in [5, 5.41) is 3.95. The van der Waals surface area contributed by atoms with E-state index in [2.05, 4.69) is 38.8 Å². The van der Waals surface area contributed by atoms with Crippen LogP contribution in [-0.2, 0) is 13.1 Å². The summed E-state index contributed by atoms with van der Waals surface area (Å²) < 4.78 is 10.5. The van der Waals surface area contributed by atoms with Crippen LogP contribution in [0.3, 0.4) is 0 Å². The van der Waals surface area contributed by atoms with Gasteiger partial charge in [0.05, 0.1) is 12.2 Å². The Hall–Kier alpha value is -1.73. The third-order valence-electron chi connectivity index (χ3n) is 3.85. The first-order chi connectivity index (χ1) is 10.6. The van der Waals surface area contributed by atoms with E-state index in [-0.39, 0.29) is 0 Å². The molecule has 0 unspecified atom stereocenters. The summed E-state index contributed by atoms with van der Waals surface area (Å²) in [4.78, 5) is 13.5. The van der Waals surface area contributed by atoms with Crippen LogP contribution in [0.15, 0.2) is 15.2 Å². The van der Waals surface area contributed by atoms with Crippen molar-refractivity contribution < 1.29 is 8.94 Å². The maximum absolute atomic E-state index is 5.49. The van der Waals surface area contributed by atoms with Gasteiger partial charge in [-0.15, -0.1) is 0 Å². The molecule has 1 aliphatic heterocycles. The lowest BCUT2D eigenvalue weighted by atomic mass is 10.2. The number of nitrogens with zero attached hydrogens (tertiary/aromatic N) is 5. The van der Waals surface area contributed by atoms with E-state index in [4.69, 9.17) is 8.94 Å². The molecule has 7 heteroatoms. The van der Waals surface area contributed by atoms with E-state index in [1.807, 2.05) is 6.92 Å². The predicted octanol–water partition coefficient (Wildman–Crippen LogP) is 1.81. The van der Waals surface area contributed by atoms with Crippen molar-refractivity contribution in [3.05, 3.63) is 29.6 Å². The number of rotatable bonds is 5. The molecule has 1 fully saturated rings. The van der Waals surface area contributed by atoms with Gasteiger partial charge in [-0.05, 0) is 0 Å². The van der Waals surface area contributed by atoms with E-state index in [1.165, 1.54) is 0 Å².